The normalized spacial score (nSPS) is 10.8. The molecule has 0 heterocycles. The summed E-state index contributed by atoms with van der Waals surface area (Å²) in [6.07, 6.45) is 0. The second-order valence-corrected chi connectivity index (χ2v) is 3.95. The van der Waals surface area contributed by atoms with Gasteiger partial charge >= 0.3 is 9.05 Å². The molecule has 0 aromatic rings. The highest BCUT2D eigenvalue weighted by molar-refractivity contribution is 6.53. The fourth-order valence-electron chi connectivity index (χ4n) is 0.500. The van der Waals surface area contributed by atoms with E-state index in [4.69, 9.17) is 17.7 Å². The van der Waals surface area contributed by atoms with Gasteiger partial charge < -0.3 is 17.7 Å². The standard InChI is InChI=1S/C4H12O4Si.Si/c1-5-9(6-2,7-3)8-4;/h1-4H3;. The van der Waals surface area contributed by atoms with E-state index in [9.17, 15) is 0 Å². The van der Waals surface area contributed by atoms with Gasteiger partial charge in [0.1, 0.15) is 0 Å². The predicted octanol–water partition coefficient (Wildman–Crippen LogP) is -0.373. The van der Waals surface area contributed by atoms with Crippen molar-refractivity contribution in [2.75, 3.05) is 28.4 Å². The van der Waals surface area contributed by atoms with Gasteiger partial charge in [-0.3, -0.25) is 0 Å². The Morgan fingerprint density at radius 3 is 0.900 bits per heavy atom. The molecule has 0 saturated heterocycles. The number of hydrogen-bond donors (Lipinski definition) is 0. The lowest BCUT2D eigenvalue weighted by Gasteiger charge is -2.19. The largest absolute Gasteiger partial charge is 0.678 e. The van der Waals surface area contributed by atoms with Crippen LogP contribution < -0.4 is 0 Å². The van der Waals surface area contributed by atoms with E-state index in [1.54, 1.807) is 0 Å². The highest BCUT2D eigenvalue weighted by Gasteiger charge is 2.40. The van der Waals surface area contributed by atoms with Crippen LogP contribution in [0.25, 0.3) is 0 Å². The van der Waals surface area contributed by atoms with Crippen LogP contribution in [0.5, 0.6) is 0 Å². The van der Waals surface area contributed by atoms with E-state index in [-0.39, 0.29) is 11.0 Å². The molecule has 0 aromatic heterocycles. The van der Waals surface area contributed by atoms with Crippen molar-refractivity contribution in [1.29, 1.82) is 0 Å². The van der Waals surface area contributed by atoms with E-state index >= 15 is 0 Å². The zero-order valence-corrected chi connectivity index (χ0v) is 8.63. The maximum atomic E-state index is 4.86. The van der Waals surface area contributed by atoms with Crippen LogP contribution in [0, 0.1) is 0 Å². The van der Waals surface area contributed by atoms with E-state index in [2.05, 4.69) is 0 Å². The molecule has 0 saturated carbocycles. The molecule has 6 heteroatoms. The van der Waals surface area contributed by atoms with E-state index in [1.807, 2.05) is 0 Å². The Hall–Kier alpha value is 0.274. The molecule has 0 rings (SSSR count). The minimum absolute atomic E-state index is 0. The summed E-state index contributed by atoms with van der Waals surface area (Å²) < 4.78 is 19.4. The lowest BCUT2D eigenvalue weighted by Crippen LogP contribution is -2.45. The van der Waals surface area contributed by atoms with Crippen LogP contribution >= 0.6 is 0 Å². The summed E-state index contributed by atoms with van der Waals surface area (Å²) in [5.41, 5.74) is 0. The van der Waals surface area contributed by atoms with Crippen molar-refractivity contribution in [3.8, 4) is 0 Å². The number of rotatable bonds is 4. The topological polar surface area (TPSA) is 36.9 Å². The van der Waals surface area contributed by atoms with Gasteiger partial charge in [-0.2, -0.15) is 0 Å². The third kappa shape index (κ3) is 2.91. The van der Waals surface area contributed by atoms with Gasteiger partial charge in [0, 0.05) is 39.4 Å². The van der Waals surface area contributed by atoms with Crippen molar-refractivity contribution in [1.82, 2.24) is 0 Å². The van der Waals surface area contributed by atoms with Crippen molar-refractivity contribution in [2.24, 2.45) is 0 Å². The average Bonchev–Trinajstić information content (AvgIpc) is 1.95. The summed E-state index contributed by atoms with van der Waals surface area (Å²) in [4.78, 5) is 0. The summed E-state index contributed by atoms with van der Waals surface area (Å²) in [7, 11) is 3.26. The minimum Gasteiger partial charge on any atom is -0.355 e. The molecule has 0 spiro atoms. The molecular weight excluding hydrogens is 168 g/mol. The van der Waals surface area contributed by atoms with Gasteiger partial charge in [-0.05, 0) is 0 Å². The van der Waals surface area contributed by atoms with Gasteiger partial charge in [0.15, 0.2) is 0 Å². The lowest BCUT2D eigenvalue weighted by molar-refractivity contribution is 0.0226. The molecule has 0 atom stereocenters. The second kappa shape index (κ2) is 6.01. The fourth-order valence-corrected chi connectivity index (χ4v) is 1.50. The summed E-state index contributed by atoms with van der Waals surface area (Å²) in [6, 6.07) is 0. The molecule has 10 heavy (non-hydrogen) atoms. The van der Waals surface area contributed by atoms with E-state index < -0.39 is 9.05 Å². The quantitative estimate of drug-likeness (QED) is 0.553. The Morgan fingerprint density at radius 2 is 0.900 bits per heavy atom. The molecule has 0 amide bonds. The van der Waals surface area contributed by atoms with Crippen LogP contribution in [0.4, 0.5) is 0 Å². The first-order chi connectivity index (χ1) is 4.24. The van der Waals surface area contributed by atoms with Gasteiger partial charge in [0.2, 0.25) is 0 Å². The minimum atomic E-state index is -2.69. The monoisotopic (exact) mass is 180 g/mol. The van der Waals surface area contributed by atoms with Crippen molar-refractivity contribution >= 4 is 20.0 Å². The van der Waals surface area contributed by atoms with Crippen molar-refractivity contribution in [2.45, 2.75) is 0 Å². The van der Waals surface area contributed by atoms with Crippen LogP contribution in [0.1, 0.15) is 0 Å². The van der Waals surface area contributed by atoms with E-state index in [1.165, 1.54) is 28.4 Å². The molecule has 0 N–H and O–H groups in total. The second-order valence-electron chi connectivity index (χ2n) is 1.32. The smallest absolute Gasteiger partial charge is 0.355 e. The first-order valence-electron chi connectivity index (χ1n) is 2.45. The maximum Gasteiger partial charge on any atom is 0.678 e. The average molecular weight is 180 g/mol. The molecule has 0 fully saturated rings. The van der Waals surface area contributed by atoms with E-state index in [0.29, 0.717) is 0 Å². The van der Waals surface area contributed by atoms with Crippen molar-refractivity contribution in [3.05, 3.63) is 0 Å². The highest BCUT2D eigenvalue weighted by atomic mass is 28.4. The van der Waals surface area contributed by atoms with Crippen LogP contribution in [0.15, 0.2) is 0 Å². The van der Waals surface area contributed by atoms with Crippen LogP contribution in [-0.2, 0) is 17.7 Å². The van der Waals surface area contributed by atoms with E-state index in [0.717, 1.165) is 0 Å². The van der Waals surface area contributed by atoms with Crippen LogP contribution in [-0.4, -0.2) is 48.5 Å². The molecule has 0 aliphatic rings. The molecule has 4 radical (unpaired) electrons. The SMILES string of the molecule is CO[Si](OC)(OC)OC.[Si]. The van der Waals surface area contributed by atoms with Crippen LogP contribution in [0.2, 0.25) is 0 Å². The molecule has 60 valence electrons. The lowest BCUT2D eigenvalue weighted by atomic mass is 11.8. The molecule has 0 aliphatic carbocycles. The van der Waals surface area contributed by atoms with Crippen molar-refractivity contribution < 1.29 is 17.7 Å². The van der Waals surface area contributed by atoms with Crippen molar-refractivity contribution in [3.63, 3.8) is 0 Å². The van der Waals surface area contributed by atoms with Gasteiger partial charge in [-0.15, -0.1) is 0 Å². The third-order valence-corrected chi connectivity index (χ3v) is 3.00. The Balaban J connectivity index is 0. The third-order valence-electron chi connectivity index (χ3n) is 1.00. The zero-order chi connectivity index (χ0) is 7.33. The van der Waals surface area contributed by atoms with Gasteiger partial charge in [0.05, 0.1) is 0 Å². The fraction of sp³-hybridized carbons (Fsp3) is 1.00. The summed E-state index contributed by atoms with van der Waals surface area (Å²) in [5.74, 6) is 0. The predicted molar refractivity (Wildman–Crippen MR) is 39.5 cm³/mol. The van der Waals surface area contributed by atoms with Gasteiger partial charge in [0.25, 0.3) is 0 Å². The Labute approximate surface area is 66.9 Å². The number of hydrogen-bond acceptors (Lipinski definition) is 4. The van der Waals surface area contributed by atoms with Crippen LogP contribution in [0.3, 0.4) is 0 Å². The summed E-state index contributed by atoms with van der Waals surface area (Å²) in [6.45, 7) is 0. The molecule has 0 aliphatic heterocycles. The maximum absolute atomic E-state index is 4.86. The van der Waals surface area contributed by atoms with Gasteiger partial charge in [-0.25, -0.2) is 0 Å². The first kappa shape index (κ1) is 12.9. The zero-order valence-electron chi connectivity index (χ0n) is 6.63. The van der Waals surface area contributed by atoms with Gasteiger partial charge in [-0.1, -0.05) is 0 Å². The Morgan fingerprint density at radius 1 is 0.700 bits per heavy atom. The Kier molecular flexibility index (Phi) is 7.76. The summed E-state index contributed by atoms with van der Waals surface area (Å²) in [5, 5.41) is 0. The molecule has 0 unspecified atom stereocenters. The summed E-state index contributed by atoms with van der Waals surface area (Å²) >= 11 is 0. The highest BCUT2D eigenvalue weighted by Crippen LogP contribution is 2.04. The molecule has 4 nitrogen and oxygen atoms in total. The molecule has 0 bridgehead atoms. The Bertz CT molecular complexity index is 58.1. The molecular formula is C4H12O4Si2. The first-order valence-corrected chi connectivity index (χ1v) is 4.08. The molecule has 0 aromatic carbocycles.